The molecule has 0 bridgehead atoms. The molecule has 48 heavy (non-hydrogen) atoms. The van der Waals surface area contributed by atoms with Crippen LogP contribution in [0.2, 0.25) is 5.02 Å². The summed E-state index contributed by atoms with van der Waals surface area (Å²) in [5.41, 5.74) is 7.64. The molecule has 2 aliphatic rings. The highest BCUT2D eigenvalue weighted by atomic mass is 79.9. The number of rotatable bonds is 8. The highest BCUT2D eigenvalue weighted by Crippen LogP contribution is 2.38. The van der Waals surface area contributed by atoms with Gasteiger partial charge in [0.1, 0.15) is 16.8 Å². The van der Waals surface area contributed by atoms with Crippen molar-refractivity contribution in [1.82, 2.24) is 0 Å². The van der Waals surface area contributed by atoms with Gasteiger partial charge in [-0.25, -0.2) is 9.69 Å². The van der Waals surface area contributed by atoms with Crippen molar-refractivity contribution in [2.75, 3.05) is 24.3 Å². The maximum Gasteiger partial charge on any atom is 0.349 e. The van der Waals surface area contributed by atoms with Crippen LogP contribution >= 0.6 is 62.4 Å². The van der Waals surface area contributed by atoms with Crippen molar-refractivity contribution in [3.63, 3.8) is 0 Å². The first-order valence-electron chi connectivity index (χ1n) is 14.2. The second-order valence-corrected chi connectivity index (χ2v) is 15.5. The fraction of sp³-hybridized carbons (Fsp3) is 0.323. The minimum atomic E-state index is -3.10. The molecule has 0 radical (unpaired) electrons. The number of carboxylic acid groups (broad SMARTS) is 1. The number of aromatic hydroxyl groups is 1. The number of amides is 2. The SMILES string of the molecule is CCOC(=O)/C(Cl)=C/c1cc(N2C(=O)C3=C(CCCC3)C2=O)ccc1Cl.CP(=O)(O)CCC(N)C(=O)O.N#Cc1cc(Br)c(O)c(Br)c1. The zero-order chi connectivity index (χ0) is 36.3. The van der Waals surface area contributed by atoms with Gasteiger partial charge in [-0.2, -0.15) is 5.26 Å². The molecular formula is C31H32Br2Cl2N3O9P. The lowest BCUT2D eigenvalue weighted by atomic mass is 9.93. The average molecular weight is 852 g/mol. The smallest absolute Gasteiger partial charge is 0.349 e. The molecule has 0 fully saturated rings. The van der Waals surface area contributed by atoms with E-state index in [0.29, 0.717) is 54.8 Å². The zero-order valence-corrected chi connectivity index (χ0v) is 31.3. The number of esters is 1. The van der Waals surface area contributed by atoms with Crippen LogP contribution in [0.25, 0.3) is 6.08 Å². The molecule has 1 aliphatic heterocycles. The molecule has 1 aliphatic carbocycles. The molecule has 0 aromatic heterocycles. The van der Waals surface area contributed by atoms with E-state index in [4.69, 9.17) is 48.9 Å². The van der Waals surface area contributed by atoms with Crippen molar-refractivity contribution < 1.29 is 43.6 Å². The largest absolute Gasteiger partial charge is 0.506 e. The predicted octanol–water partition coefficient (Wildman–Crippen LogP) is 6.70. The minimum Gasteiger partial charge on any atom is -0.506 e. The van der Waals surface area contributed by atoms with E-state index in [-0.39, 0.29) is 41.8 Å². The van der Waals surface area contributed by atoms with Gasteiger partial charge in [0.05, 0.1) is 32.9 Å². The van der Waals surface area contributed by atoms with Gasteiger partial charge in [-0.3, -0.25) is 18.9 Å². The Labute approximate surface area is 303 Å². The second kappa shape index (κ2) is 18.7. The maximum atomic E-state index is 12.7. The molecule has 0 saturated heterocycles. The van der Waals surface area contributed by atoms with E-state index in [1.807, 2.05) is 6.07 Å². The molecule has 258 valence electrons. The number of hydrogen-bond acceptors (Lipinski definition) is 9. The number of carbonyl (C=O) groups excluding carboxylic acids is 3. The molecule has 2 amide bonds. The molecule has 2 aromatic carbocycles. The third-order valence-corrected chi connectivity index (χ3v) is 9.60. The molecular weight excluding hydrogens is 820 g/mol. The molecule has 2 aromatic rings. The number of phenolic OH excluding ortho intramolecular Hbond substituents is 1. The van der Waals surface area contributed by atoms with E-state index in [2.05, 4.69) is 31.9 Å². The van der Waals surface area contributed by atoms with E-state index < -0.39 is 25.3 Å². The molecule has 17 heteroatoms. The van der Waals surface area contributed by atoms with E-state index in [1.54, 1.807) is 37.3 Å². The van der Waals surface area contributed by atoms with Crippen LogP contribution in [-0.2, 0) is 28.5 Å². The van der Waals surface area contributed by atoms with Crippen molar-refractivity contribution in [3.05, 3.63) is 71.6 Å². The number of aliphatic carboxylic acids is 1. The van der Waals surface area contributed by atoms with Gasteiger partial charge in [0, 0.05) is 29.0 Å². The third kappa shape index (κ3) is 11.8. The van der Waals surface area contributed by atoms with Crippen LogP contribution in [0.4, 0.5) is 5.69 Å². The number of carboxylic acids is 1. The van der Waals surface area contributed by atoms with Gasteiger partial charge in [0.25, 0.3) is 11.8 Å². The molecule has 12 nitrogen and oxygen atoms in total. The van der Waals surface area contributed by atoms with Crippen molar-refractivity contribution in [3.8, 4) is 11.8 Å². The number of ether oxygens (including phenoxy) is 1. The number of nitrogens with two attached hydrogens (primary N) is 1. The van der Waals surface area contributed by atoms with Gasteiger partial charge in [0.2, 0.25) is 0 Å². The number of benzene rings is 2. The predicted molar refractivity (Wildman–Crippen MR) is 189 cm³/mol. The minimum absolute atomic E-state index is 0.0412. The summed E-state index contributed by atoms with van der Waals surface area (Å²) >= 11 is 18.3. The van der Waals surface area contributed by atoms with Gasteiger partial charge >= 0.3 is 11.9 Å². The molecule has 0 saturated carbocycles. The van der Waals surface area contributed by atoms with Gasteiger partial charge in [0.15, 0.2) is 7.37 Å². The lowest BCUT2D eigenvalue weighted by Crippen LogP contribution is -2.31. The summed E-state index contributed by atoms with van der Waals surface area (Å²) in [6.45, 7) is 3.06. The summed E-state index contributed by atoms with van der Waals surface area (Å²) in [4.78, 5) is 57.0. The Hall–Kier alpha value is -3.02. The quantitative estimate of drug-likeness (QED) is 0.0951. The summed E-state index contributed by atoms with van der Waals surface area (Å²) in [7, 11) is -3.10. The molecule has 2 atom stereocenters. The number of anilines is 1. The van der Waals surface area contributed by atoms with Crippen LogP contribution in [0.15, 0.2) is 55.5 Å². The number of hydrogen-bond donors (Lipinski definition) is 4. The van der Waals surface area contributed by atoms with E-state index in [0.717, 1.165) is 12.8 Å². The van der Waals surface area contributed by atoms with Crippen LogP contribution in [0.5, 0.6) is 5.75 Å². The Morgan fingerprint density at radius 2 is 1.69 bits per heavy atom. The summed E-state index contributed by atoms with van der Waals surface area (Å²) < 4.78 is 16.5. The van der Waals surface area contributed by atoms with Gasteiger partial charge in [-0.15, -0.1) is 0 Å². The summed E-state index contributed by atoms with van der Waals surface area (Å²) in [5, 5.41) is 26.2. The number of phenols is 1. The van der Waals surface area contributed by atoms with Crippen LogP contribution in [0.1, 0.15) is 50.2 Å². The fourth-order valence-electron chi connectivity index (χ4n) is 4.28. The zero-order valence-electron chi connectivity index (χ0n) is 25.7. The molecule has 4 rings (SSSR count). The summed E-state index contributed by atoms with van der Waals surface area (Å²) in [6.07, 6.45) is 4.45. The van der Waals surface area contributed by atoms with E-state index >= 15 is 0 Å². The first kappa shape index (κ1) is 41.2. The molecule has 5 N–H and O–H groups in total. The van der Waals surface area contributed by atoms with Crippen LogP contribution in [0, 0.1) is 11.3 Å². The Morgan fingerprint density at radius 3 is 2.15 bits per heavy atom. The van der Waals surface area contributed by atoms with Crippen LogP contribution in [-0.4, -0.2) is 64.3 Å². The van der Waals surface area contributed by atoms with Crippen LogP contribution in [0.3, 0.4) is 0 Å². The lowest BCUT2D eigenvalue weighted by Gasteiger charge is -2.16. The van der Waals surface area contributed by atoms with Gasteiger partial charge in [-0.05, 0) is 113 Å². The number of nitrogens with zero attached hydrogens (tertiary/aromatic N) is 2. The normalized spacial score (nSPS) is 16.0. The molecule has 0 spiro atoms. The summed E-state index contributed by atoms with van der Waals surface area (Å²) in [5.74, 6) is -2.25. The molecule has 2 unspecified atom stereocenters. The van der Waals surface area contributed by atoms with Crippen LogP contribution < -0.4 is 10.6 Å². The highest BCUT2D eigenvalue weighted by molar-refractivity contribution is 9.11. The van der Waals surface area contributed by atoms with Gasteiger partial charge < -0.3 is 25.6 Å². The van der Waals surface area contributed by atoms with Crippen molar-refractivity contribution in [2.45, 2.75) is 45.1 Å². The first-order valence-corrected chi connectivity index (χ1v) is 18.9. The highest BCUT2D eigenvalue weighted by Gasteiger charge is 2.39. The van der Waals surface area contributed by atoms with Crippen molar-refractivity contribution in [1.29, 1.82) is 5.26 Å². The average Bonchev–Trinajstić information content (AvgIpc) is 3.29. The second-order valence-electron chi connectivity index (χ2n) is 10.4. The third-order valence-electron chi connectivity index (χ3n) is 6.70. The first-order chi connectivity index (χ1) is 22.4. The van der Waals surface area contributed by atoms with E-state index in [9.17, 15) is 28.8 Å². The monoisotopic (exact) mass is 849 g/mol. The van der Waals surface area contributed by atoms with Gasteiger partial charge in [-0.1, -0.05) is 23.2 Å². The number of halogens is 4. The number of nitriles is 1. The Morgan fingerprint density at radius 1 is 1.15 bits per heavy atom. The topological polar surface area (TPSA) is 208 Å². The fourth-order valence-corrected chi connectivity index (χ4v) is 6.57. The summed E-state index contributed by atoms with van der Waals surface area (Å²) in [6, 6.07) is 8.78. The Balaban J connectivity index is 0.000000301. The number of imide groups is 1. The molecule has 1 heterocycles. The van der Waals surface area contributed by atoms with E-state index in [1.165, 1.54) is 17.6 Å². The number of carbonyl (C=O) groups is 4. The Bertz CT molecular complexity index is 1690. The van der Waals surface area contributed by atoms with Crippen molar-refractivity contribution in [2.24, 2.45) is 5.73 Å². The maximum absolute atomic E-state index is 12.7. The Kier molecular flexibility index (Phi) is 16.0. The lowest BCUT2D eigenvalue weighted by molar-refractivity contribution is -0.139. The standard InChI is InChI=1S/C19H17Cl2NO4.C7H3Br2NO.C5H12NO4P/c1-2-26-19(25)16(21)10-11-9-12(7-8-15(11)20)22-17(23)13-5-3-4-6-14(13)18(22)24;8-5-1-4(3-10)2-6(9)7(5)11;1-11(9,10)3-2-4(6)5(7)8/h7-10H,2-6H2,1H3;1-2,11H;4H,2-3,6H2,1H3,(H,7,8)(H,9,10)/b16-10-;;. The van der Waals surface area contributed by atoms with Crippen molar-refractivity contribution >= 4 is 97.9 Å².